The third-order valence-corrected chi connectivity index (χ3v) is 4.10. The number of rotatable bonds is 3. The molecule has 0 aliphatic heterocycles. The molecule has 5 nitrogen and oxygen atoms in total. The third-order valence-electron chi connectivity index (χ3n) is 4.10. The van der Waals surface area contributed by atoms with E-state index in [-0.39, 0.29) is 28.9 Å². The van der Waals surface area contributed by atoms with Gasteiger partial charge in [-0.25, -0.2) is 0 Å². The van der Waals surface area contributed by atoms with E-state index in [0.717, 1.165) is 0 Å². The minimum absolute atomic E-state index is 0.0748. The first kappa shape index (κ1) is 13.1. The zero-order valence-corrected chi connectivity index (χ0v) is 11.6. The minimum atomic E-state index is -0.117. The van der Waals surface area contributed by atoms with E-state index < -0.39 is 0 Å². The molecular weight excluding hydrogens is 230 g/mol. The summed E-state index contributed by atoms with van der Waals surface area (Å²) < 4.78 is 5.55. The summed E-state index contributed by atoms with van der Waals surface area (Å²) in [5.74, 6) is -0.117. The van der Waals surface area contributed by atoms with Crippen LogP contribution in [0.1, 0.15) is 38.2 Å². The van der Waals surface area contributed by atoms with Crippen molar-refractivity contribution in [3.63, 3.8) is 0 Å². The second kappa shape index (κ2) is 4.09. The summed E-state index contributed by atoms with van der Waals surface area (Å²) in [4.78, 5) is 12.1. The molecule has 1 aromatic heterocycles. The van der Waals surface area contributed by atoms with Gasteiger partial charge in [0.25, 0.3) is 5.91 Å². The van der Waals surface area contributed by atoms with E-state index in [1.54, 1.807) is 19.4 Å². The number of carbonyl (C=O) groups excluding carboxylic acids is 1. The van der Waals surface area contributed by atoms with Gasteiger partial charge in [-0.05, 0) is 6.07 Å². The third kappa shape index (κ3) is 1.73. The van der Waals surface area contributed by atoms with E-state index in [1.807, 2.05) is 0 Å². The lowest BCUT2D eigenvalue weighted by Crippen LogP contribution is -2.73. The molecule has 2 N–H and O–H groups in total. The quantitative estimate of drug-likeness (QED) is 0.857. The van der Waals surface area contributed by atoms with Gasteiger partial charge < -0.3 is 10.1 Å². The number of nitrogens with zero attached hydrogens (tertiary/aromatic N) is 1. The monoisotopic (exact) mass is 251 g/mol. The van der Waals surface area contributed by atoms with Crippen LogP contribution in [0.2, 0.25) is 0 Å². The first-order valence-electron chi connectivity index (χ1n) is 6.15. The molecule has 2 rings (SSSR count). The summed E-state index contributed by atoms with van der Waals surface area (Å²) in [6, 6.07) is 1.74. The standard InChI is InChI=1S/C13H21N3O2/c1-12(2)10(13(3,4)11(12)18-5)15-9(17)8-6-7-14-16-8/h6-7,10-11H,1-5H3,(H,14,16)(H,15,17). The number of nitrogens with one attached hydrogen (secondary N) is 2. The van der Waals surface area contributed by atoms with E-state index in [0.29, 0.717) is 5.69 Å². The van der Waals surface area contributed by atoms with Gasteiger partial charge in [-0.1, -0.05) is 27.7 Å². The smallest absolute Gasteiger partial charge is 0.269 e. The zero-order valence-electron chi connectivity index (χ0n) is 11.6. The summed E-state index contributed by atoms with van der Waals surface area (Å²) in [6.07, 6.45) is 1.71. The molecule has 0 saturated heterocycles. The predicted octanol–water partition coefficient (Wildman–Crippen LogP) is 1.59. The van der Waals surface area contributed by atoms with Gasteiger partial charge in [0.05, 0.1) is 6.10 Å². The highest BCUT2D eigenvalue weighted by molar-refractivity contribution is 5.92. The number of methoxy groups -OCH3 is 1. The highest BCUT2D eigenvalue weighted by Crippen LogP contribution is 2.55. The fraction of sp³-hybridized carbons (Fsp3) is 0.692. The lowest BCUT2D eigenvalue weighted by atomic mass is 9.49. The van der Waals surface area contributed by atoms with Crippen LogP contribution in [-0.4, -0.2) is 35.4 Å². The van der Waals surface area contributed by atoms with Crippen molar-refractivity contribution >= 4 is 5.91 Å². The van der Waals surface area contributed by atoms with Gasteiger partial charge in [-0.2, -0.15) is 5.10 Å². The molecule has 0 aromatic carbocycles. The molecule has 100 valence electrons. The van der Waals surface area contributed by atoms with Crippen LogP contribution in [0.5, 0.6) is 0 Å². The van der Waals surface area contributed by atoms with Crippen molar-refractivity contribution in [1.29, 1.82) is 0 Å². The molecule has 1 aromatic rings. The maximum absolute atomic E-state index is 12.1. The summed E-state index contributed by atoms with van der Waals surface area (Å²) in [7, 11) is 1.72. The molecule has 1 heterocycles. The summed E-state index contributed by atoms with van der Waals surface area (Å²) in [5, 5.41) is 9.54. The Bertz CT molecular complexity index is 421. The lowest BCUT2D eigenvalue weighted by Gasteiger charge is -2.63. The first-order chi connectivity index (χ1) is 8.31. The number of H-pyrrole nitrogens is 1. The summed E-state index contributed by atoms with van der Waals surface area (Å²) >= 11 is 0. The van der Waals surface area contributed by atoms with Crippen molar-refractivity contribution in [2.45, 2.75) is 39.8 Å². The van der Waals surface area contributed by atoms with Gasteiger partial charge in [-0.15, -0.1) is 0 Å². The Labute approximate surface area is 107 Å². The van der Waals surface area contributed by atoms with Crippen LogP contribution in [0, 0.1) is 10.8 Å². The predicted molar refractivity (Wildman–Crippen MR) is 68.2 cm³/mol. The molecule has 1 aliphatic rings. The van der Waals surface area contributed by atoms with Crippen LogP contribution in [0.25, 0.3) is 0 Å². The van der Waals surface area contributed by atoms with Crippen molar-refractivity contribution in [2.24, 2.45) is 10.8 Å². The molecule has 1 amide bonds. The molecule has 0 radical (unpaired) electrons. The largest absolute Gasteiger partial charge is 0.380 e. The van der Waals surface area contributed by atoms with Gasteiger partial charge in [0.1, 0.15) is 5.69 Å². The first-order valence-corrected chi connectivity index (χ1v) is 6.15. The number of amides is 1. The number of hydrogen-bond donors (Lipinski definition) is 2. The molecule has 0 unspecified atom stereocenters. The highest BCUT2D eigenvalue weighted by atomic mass is 16.5. The number of hydrogen-bond acceptors (Lipinski definition) is 3. The summed E-state index contributed by atoms with van der Waals surface area (Å²) in [6.45, 7) is 8.46. The Kier molecular flexibility index (Phi) is 2.97. The van der Waals surface area contributed by atoms with Crippen molar-refractivity contribution in [3.8, 4) is 0 Å². The number of aromatic amines is 1. The second-order valence-electron chi connectivity index (χ2n) is 6.14. The zero-order chi connectivity index (χ0) is 13.6. The van der Waals surface area contributed by atoms with Crippen LogP contribution in [0.3, 0.4) is 0 Å². The molecule has 5 heteroatoms. The fourth-order valence-corrected chi connectivity index (χ4v) is 3.69. The Hall–Kier alpha value is -1.36. The van der Waals surface area contributed by atoms with E-state index in [9.17, 15) is 4.79 Å². The van der Waals surface area contributed by atoms with Crippen LogP contribution < -0.4 is 5.32 Å². The van der Waals surface area contributed by atoms with Crippen LogP contribution >= 0.6 is 0 Å². The van der Waals surface area contributed by atoms with E-state index >= 15 is 0 Å². The average Bonchev–Trinajstić information content (AvgIpc) is 2.78. The SMILES string of the molecule is COC1C(C)(C)C(NC(=O)c2ccn[nH]2)C1(C)C. The van der Waals surface area contributed by atoms with Gasteiger partial charge in [0, 0.05) is 30.2 Å². The molecule has 1 fully saturated rings. The number of ether oxygens (including phenoxy) is 1. The molecule has 0 atom stereocenters. The molecule has 1 saturated carbocycles. The van der Waals surface area contributed by atoms with Crippen molar-refractivity contribution < 1.29 is 9.53 Å². The van der Waals surface area contributed by atoms with E-state index in [4.69, 9.17) is 4.74 Å². The summed E-state index contributed by atoms with van der Waals surface area (Å²) in [5.41, 5.74) is 0.337. The lowest BCUT2D eigenvalue weighted by molar-refractivity contribution is -0.195. The number of carbonyl (C=O) groups is 1. The van der Waals surface area contributed by atoms with Crippen molar-refractivity contribution in [3.05, 3.63) is 18.0 Å². The van der Waals surface area contributed by atoms with E-state index in [2.05, 4.69) is 43.2 Å². The normalized spacial score (nSPS) is 28.5. The van der Waals surface area contributed by atoms with Gasteiger partial charge >= 0.3 is 0 Å². The van der Waals surface area contributed by atoms with Crippen molar-refractivity contribution in [2.75, 3.05) is 7.11 Å². The Morgan fingerprint density at radius 3 is 2.44 bits per heavy atom. The minimum Gasteiger partial charge on any atom is -0.380 e. The van der Waals surface area contributed by atoms with Gasteiger partial charge in [0.15, 0.2) is 0 Å². The maximum Gasteiger partial charge on any atom is 0.269 e. The van der Waals surface area contributed by atoms with Crippen LogP contribution in [0.4, 0.5) is 0 Å². The maximum atomic E-state index is 12.1. The molecule has 0 bridgehead atoms. The molecular formula is C13H21N3O2. The molecule has 1 aliphatic carbocycles. The molecule has 0 spiro atoms. The topological polar surface area (TPSA) is 67.0 Å². The molecule has 18 heavy (non-hydrogen) atoms. The number of aromatic nitrogens is 2. The van der Waals surface area contributed by atoms with Crippen LogP contribution in [-0.2, 0) is 4.74 Å². The van der Waals surface area contributed by atoms with Crippen molar-refractivity contribution in [1.82, 2.24) is 15.5 Å². The van der Waals surface area contributed by atoms with Crippen LogP contribution in [0.15, 0.2) is 12.3 Å². The second-order valence-corrected chi connectivity index (χ2v) is 6.14. The Balaban J connectivity index is 2.13. The highest BCUT2D eigenvalue weighted by Gasteiger charge is 2.62. The Morgan fingerprint density at radius 2 is 2.00 bits per heavy atom. The van der Waals surface area contributed by atoms with Gasteiger partial charge in [0.2, 0.25) is 0 Å². The fourth-order valence-electron chi connectivity index (χ4n) is 3.69. The van der Waals surface area contributed by atoms with E-state index in [1.165, 1.54) is 0 Å². The van der Waals surface area contributed by atoms with Gasteiger partial charge in [-0.3, -0.25) is 9.89 Å². The average molecular weight is 251 g/mol. The Morgan fingerprint density at radius 1 is 1.39 bits per heavy atom.